The summed E-state index contributed by atoms with van der Waals surface area (Å²) in [6.45, 7) is 2.11. The molecule has 0 radical (unpaired) electrons. The van der Waals surface area contributed by atoms with Crippen LogP contribution >= 0.6 is 23.4 Å². The smallest absolute Gasteiger partial charge is 0.321 e. The minimum atomic E-state index is -0.109. The second-order valence-corrected chi connectivity index (χ2v) is 8.68. The van der Waals surface area contributed by atoms with Crippen LogP contribution in [0.15, 0.2) is 58.3 Å². The zero-order valence-electron chi connectivity index (χ0n) is 15.4. The third kappa shape index (κ3) is 4.45. The molecule has 1 unspecified atom stereocenters. The van der Waals surface area contributed by atoms with Crippen LogP contribution in [0.2, 0.25) is 5.02 Å². The molecule has 2 aliphatic heterocycles. The van der Waals surface area contributed by atoms with Crippen LogP contribution in [0.25, 0.3) is 0 Å². The summed E-state index contributed by atoms with van der Waals surface area (Å²) in [7, 11) is 0. The first-order valence-corrected chi connectivity index (χ1v) is 10.7. The van der Waals surface area contributed by atoms with E-state index in [0.29, 0.717) is 24.5 Å². The van der Waals surface area contributed by atoms with Crippen molar-refractivity contribution in [1.82, 2.24) is 9.80 Å². The predicted octanol–water partition coefficient (Wildman–Crippen LogP) is 4.72. The van der Waals surface area contributed by atoms with E-state index in [1.54, 1.807) is 16.7 Å². The van der Waals surface area contributed by atoms with Crippen LogP contribution in [-0.2, 0) is 4.79 Å². The van der Waals surface area contributed by atoms with Crippen molar-refractivity contribution in [3.05, 3.63) is 53.6 Å². The Hall–Kier alpha value is -2.18. The molecule has 0 bridgehead atoms. The van der Waals surface area contributed by atoms with E-state index in [0.717, 1.165) is 34.9 Å². The zero-order valence-corrected chi connectivity index (χ0v) is 17.0. The lowest BCUT2D eigenvalue weighted by atomic mass is 10.2. The number of carbonyl (C=O) groups is 2. The molecule has 0 spiro atoms. The second kappa shape index (κ2) is 8.45. The molecular formula is C21H22ClN3O2S. The number of hydrogen-bond donors (Lipinski definition) is 1. The van der Waals surface area contributed by atoms with E-state index in [9.17, 15) is 9.59 Å². The molecule has 3 amide bonds. The minimum Gasteiger partial charge on any atom is -0.338 e. The highest BCUT2D eigenvalue weighted by molar-refractivity contribution is 7.99. The largest absolute Gasteiger partial charge is 0.338 e. The van der Waals surface area contributed by atoms with E-state index < -0.39 is 0 Å². The van der Waals surface area contributed by atoms with Crippen molar-refractivity contribution in [3.8, 4) is 0 Å². The first-order valence-electron chi connectivity index (χ1n) is 9.47. The fraction of sp³-hybridized carbons (Fsp3) is 0.333. The molecule has 2 fully saturated rings. The highest BCUT2D eigenvalue weighted by atomic mass is 35.5. The van der Waals surface area contributed by atoms with Gasteiger partial charge in [0.1, 0.15) is 0 Å². The fourth-order valence-electron chi connectivity index (χ4n) is 3.71. The number of anilines is 1. The van der Waals surface area contributed by atoms with E-state index >= 15 is 0 Å². The van der Waals surface area contributed by atoms with Crippen molar-refractivity contribution in [3.63, 3.8) is 0 Å². The van der Waals surface area contributed by atoms with E-state index in [-0.39, 0.29) is 18.0 Å². The van der Waals surface area contributed by atoms with Gasteiger partial charge in [-0.15, -0.1) is 0 Å². The Labute approximate surface area is 174 Å². The Morgan fingerprint density at radius 2 is 1.93 bits per heavy atom. The summed E-state index contributed by atoms with van der Waals surface area (Å²) in [6.07, 6.45) is 2.42. The van der Waals surface area contributed by atoms with Crippen LogP contribution in [0.3, 0.4) is 0 Å². The fourth-order valence-corrected chi connectivity index (χ4v) is 4.72. The third-order valence-electron chi connectivity index (χ3n) is 5.14. The molecule has 0 aliphatic carbocycles. The molecule has 2 saturated heterocycles. The molecule has 5 nitrogen and oxygen atoms in total. The number of benzene rings is 2. The lowest BCUT2D eigenvalue weighted by Crippen LogP contribution is -2.40. The summed E-state index contributed by atoms with van der Waals surface area (Å²) in [5.74, 6) is 0.221. The lowest BCUT2D eigenvalue weighted by Gasteiger charge is -2.24. The SMILES string of the molecule is O=C(Nc1cccc(Sc2ccc(Cl)cc2)c1)N1CCC(N2CCCC2=O)C1. The average molecular weight is 416 g/mol. The lowest BCUT2D eigenvalue weighted by molar-refractivity contribution is -0.129. The van der Waals surface area contributed by atoms with Gasteiger partial charge in [-0.05, 0) is 55.3 Å². The molecular weight excluding hydrogens is 394 g/mol. The third-order valence-corrected chi connectivity index (χ3v) is 6.39. The van der Waals surface area contributed by atoms with E-state index in [1.165, 1.54) is 0 Å². The Balaban J connectivity index is 1.35. The van der Waals surface area contributed by atoms with Gasteiger partial charge in [-0.25, -0.2) is 4.79 Å². The molecule has 7 heteroatoms. The second-order valence-electron chi connectivity index (χ2n) is 7.09. The quantitative estimate of drug-likeness (QED) is 0.786. The summed E-state index contributed by atoms with van der Waals surface area (Å²) in [5.41, 5.74) is 0.768. The highest BCUT2D eigenvalue weighted by Gasteiger charge is 2.34. The number of carbonyl (C=O) groups excluding carboxylic acids is 2. The molecule has 4 rings (SSSR count). The maximum Gasteiger partial charge on any atom is 0.321 e. The number of likely N-dealkylation sites (tertiary alicyclic amines) is 2. The van der Waals surface area contributed by atoms with Gasteiger partial charge in [0.05, 0.1) is 6.04 Å². The molecule has 2 aromatic carbocycles. The van der Waals surface area contributed by atoms with Crippen molar-refractivity contribution in [1.29, 1.82) is 0 Å². The van der Waals surface area contributed by atoms with Gasteiger partial charge in [0.2, 0.25) is 5.91 Å². The van der Waals surface area contributed by atoms with Crippen molar-refractivity contribution in [2.24, 2.45) is 0 Å². The first kappa shape index (κ1) is 19.2. The normalized spacial score (nSPS) is 19.3. The van der Waals surface area contributed by atoms with Gasteiger partial charge in [0, 0.05) is 46.6 Å². The molecule has 2 aliphatic rings. The predicted molar refractivity (Wildman–Crippen MR) is 112 cm³/mol. The van der Waals surface area contributed by atoms with Gasteiger partial charge in [0.15, 0.2) is 0 Å². The van der Waals surface area contributed by atoms with Crippen LogP contribution in [0.5, 0.6) is 0 Å². The number of hydrogen-bond acceptors (Lipinski definition) is 3. The van der Waals surface area contributed by atoms with E-state index in [1.807, 2.05) is 53.4 Å². The summed E-state index contributed by atoms with van der Waals surface area (Å²) < 4.78 is 0. The van der Waals surface area contributed by atoms with Crippen molar-refractivity contribution < 1.29 is 9.59 Å². The van der Waals surface area contributed by atoms with Crippen molar-refractivity contribution in [2.75, 3.05) is 25.0 Å². The molecule has 1 N–H and O–H groups in total. The zero-order chi connectivity index (χ0) is 19.5. The molecule has 0 aromatic heterocycles. The number of urea groups is 1. The standard InChI is InChI=1S/C21H22ClN3O2S/c22-15-6-8-18(9-7-15)28-19-4-1-3-16(13-19)23-21(27)24-12-10-17(14-24)25-11-2-5-20(25)26/h1,3-4,6-9,13,17H,2,5,10-12,14H2,(H,23,27). The first-order chi connectivity index (χ1) is 13.6. The van der Waals surface area contributed by atoms with Crippen molar-refractivity contribution >= 4 is 41.0 Å². The maximum atomic E-state index is 12.7. The molecule has 146 valence electrons. The molecule has 28 heavy (non-hydrogen) atoms. The van der Waals surface area contributed by atoms with Gasteiger partial charge in [0.25, 0.3) is 0 Å². The summed E-state index contributed by atoms with van der Waals surface area (Å²) in [4.78, 5) is 30.5. The Morgan fingerprint density at radius 1 is 1.11 bits per heavy atom. The average Bonchev–Trinajstić information content (AvgIpc) is 3.33. The van der Waals surface area contributed by atoms with Crippen LogP contribution in [0, 0.1) is 0 Å². The molecule has 2 heterocycles. The van der Waals surface area contributed by atoms with Crippen LogP contribution in [-0.4, -0.2) is 47.4 Å². The topological polar surface area (TPSA) is 52.7 Å². The van der Waals surface area contributed by atoms with E-state index in [2.05, 4.69) is 5.32 Å². The van der Waals surface area contributed by atoms with Crippen LogP contribution in [0.1, 0.15) is 19.3 Å². The molecule has 0 saturated carbocycles. The molecule has 2 aromatic rings. The number of halogens is 1. The van der Waals surface area contributed by atoms with Gasteiger partial charge in [-0.3, -0.25) is 4.79 Å². The number of nitrogens with one attached hydrogen (secondary N) is 1. The van der Waals surface area contributed by atoms with Gasteiger partial charge in [-0.2, -0.15) is 0 Å². The van der Waals surface area contributed by atoms with Crippen LogP contribution in [0.4, 0.5) is 10.5 Å². The van der Waals surface area contributed by atoms with Crippen molar-refractivity contribution in [2.45, 2.75) is 35.1 Å². The van der Waals surface area contributed by atoms with Crippen LogP contribution < -0.4 is 5.32 Å². The summed E-state index contributed by atoms with van der Waals surface area (Å²) in [6, 6.07) is 15.5. The Kier molecular flexibility index (Phi) is 5.78. The van der Waals surface area contributed by atoms with E-state index in [4.69, 9.17) is 11.6 Å². The number of amides is 3. The maximum absolute atomic E-state index is 12.7. The number of rotatable bonds is 4. The van der Waals surface area contributed by atoms with Gasteiger partial charge >= 0.3 is 6.03 Å². The number of nitrogens with zero attached hydrogens (tertiary/aromatic N) is 2. The highest BCUT2D eigenvalue weighted by Crippen LogP contribution is 2.30. The minimum absolute atomic E-state index is 0.109. The Morgan fingerprint density at radius 3 is 2.68 bits per heavy atom. The van der Waals surface area contributed by atoms with Gasteiger partial charge in [-0.1, -0.05) is 29.4 Å². The van der Waals surface area contributed by atoms with Gasteiger partial charge < -0.3 is 15.1 Å². The Bertz CT molecular complexity index is 874. The monoisotopic (exact) mass is 415 g/mol. The molecule has 1 atom stereocenters. The summed E-state index contributed by atoms with van der Waals surface area (Å²) >= 11 is 7.56. The summed E-state index contributed by atoms with van der Waals surface area (Å²) in [5, 5.41) is 3.70.